The van der Waals surface area contributed by atoms with Crippen LogP contribution >= 0.6 is 0 Å². The Morgan fingerprint density at radius 3 is 2.28 bits per heavy atom. The summed E-state index contributed by atoms with van der Waals surface area (Å²) < 4.78 is 16.3. The zero-order valence-electron chi connectivity index (χ0n) is 11.2. The van der Waals surface area contributed by atoms with Crippen LogP contribution in [-0.2, 0) is 16.0 Å². The molecule has 0 aliphatic rings. The Labute approximate surface area is 109 Å². The monoisotopic (exact) mass is 253 g/mol. The van der Waals surface area contributed by atoms with Gasteiger partial charge in [0.15, 0.2) is 0 Å². The van der Waals surface area contributed by atoms with Crippen molar-refractivity contribution in [2.24, 2.45) is 5.73 Å². The minimum atomic E-state index is 0.255. The molecule has 18 heavy (non-hydrogen) atoms. The lowest BCUT2D eigenvalue weighted by atomic mass is 10.2. The van der Waals surface area contributed by atoms with E-state index in [1.54, 1.807) is 0 Å². The first kappa shape index (κ1) is 15.0. The van der Waals surface area contributed by atoms with Gasteiger partial charge in [-0.1, -0.05) is 12.1 Å². The van der Waals surface area contributed by atoms with Crippen molar-refractivity contribution in [3.05, 3.63) is 29.8 Å². The Bertz CT molecular complexity index is 311. The van der Waals surface area contributed by atoms with Gasteiger partial charge in [0.05, 0.1) is 25.9 Å². The smallest absolute Gasteiger partial charge is 0.119 e. The second kappa shape index (κ2) is 8.91. The third-order valence-electron chi connectivity index (χ3n) is 2.33. The lowest BCUT2D eigenvalue weighted by molar-refractivity contribution is 0.0124. The molecule has 0 aliphatic carbocycles. The van der Waals surface area contributed by atoms with Crippen LogP contribution < -0.4 is 10.5 Å². The van der Waals surface area contributed by atoms with E-state index in [4.69, 9.17) is 19.9 Å². The first-order valence-corrected chi connectivity index (χ1v) is 6.33. The molecule has 1 aromatic carbocycles. The van der Waals surface area contributed by atoms with Crippen LogP contribution in [0.4, 0.5) is 0 Å². The molecule has 0 saturated heterocycles. The van der Waals surface area contributed by atoms with E-state index in [0.29, 0.717) is 33.0 Å². The molecule has 0 unspecified atom stereocenters. The fourth-order valence-corrected chi connectivity index (χ4v) is 1.39. The van der Waals surface area contributed by atoms with Crippen molar-refractivity contribution in [1.29, 1.82) is 0 Å². The maximum atomic E-state index is 5.53. The van der Waals surface area contributed by atoms with E-state index in [-0.39, 0.29) is 6.10 Å². The highest BCUT2D eigenvalue weighted by molar-refractivity contribution is 5.26. The fraction of sp³-hybridized carbons (Fsp3) is 0.571. The van der Waals surface area contributed by atoms with Gasteiger partial charge >= 0.3 is 0 Å². The van der Waals surface area contributed by atoms with Crippen molar-refractivity contribution in [1.82, 2.24) is 0 Å². The van der Waals surface area contributed by atoms with Crippen LogP contribution in [0.1, 0.15) is 19.4 Å². The van der Waals surface area contributed by atoms with E-state index >= 15 is 0 Å². The number of rotatable bonds is 9. The van der Waals surface area contributed by atoms with Crippen LogP contribution in [0.3, 0.4) is 0 Å². The Morgan fingerprint density at radius 2 is 1.67 bits per heavy atom. The quantitative estimate of drug-likeness (QED) is 0.684. The topological polar surface area (TPSA) is 53.7 Å². The van der Waals surface area contributed by atoms with Gasteiger partial charge in [0, 0.05) is 6.54 Å². The van der Waals surface area contributed by atoms with E-state index < -0.39 is 0 Å². The molecule has 0 atom stereocenters. The van der Waals surface area contributed by atoms with Crippen molar-refractivity contribution in [3.8, 4) is 5.75 Å². The van der Waals surface area contributed by atoms with Gasteiger partial charge in [-0.15, -0.1) is 0 Å². The lowest BCUT2D eigenvalue weighted by Crippen LogP contribution is -2.13. The van der Waals surface area contributed by atoms with Crippen molar-refractivity contribution >= 4 is 0 Å². The molecule has 0 spiro atoms. The normalized spacial score (nSPS) is 10.9. The standard InChI is InChI=1S/C14H23NO3/c1-12(2)17-9-7-16-8-10-18-14-5-3-13(11-15)4-6-14/h3-6,12H,7-11,15H2,1-2H3. The second-order valence-corrected chi connectivity index (χ2v) is 4.23. The minimum Gasteiger partial charge on any atom is -0.491 e. The van der Waals surface area contributed by atoms with Crippen LogP contribution in [0.5, 0.6) is 5.75 Å². The van der Waals surface area contributed by atoms with Crippen molar-refractivity contribution in [3.63, 3.8) is 0 Å². The Hall–Kier alpha value is -1.10. The number of nitrogens with two attached hydrogens (primary N) is 1. The van der Waals surface area contributed by atoms with Gasteiger partial charge < -0.3 is 19.9 Å². The average Bonchev–Trinajstić information content (AvgIpc) is 2.38. The summed E-state index contributed by atoms with van der Waals surface area (Å²) in [5.74, 6) is 0.842. The summed E-state index contributed by atoms with van der Waals surface area (Å²) in [5, 5.41) is 0. The summed E-state index contributed by atoms with van der Waals surface area (Å²) in [6, 6.07) is 7.77. The minimum absolute atomic E-state index is 0.255. The van der Waals surface area contributed by atoms with Crippen LogP contribution in [0.2, 0.25) is 0 Å². The molecule has 0 fully saturated rings. The zero-order chi connectivity index (χ0) is 13.2. The van der Waals surface area contributed by atoms with Gasteiger partial charge in [-0.2, -0.15) is 0 Å². The first-order valence-electron chi connectivity index (χ1n) is 6.33. The Morgan fingerprint density at radius 1 is 1.00 bits per heavy atom. The molecule has 0 aliphatic heterocycles. The summed E-state index contributed by atoms with van der Waals surface area (Å²) in [4.78, 5) is 0. The van der Waals surface area contributed by atoms with E-state index in [9.17, 15) is 0 Å². The van der Waals surface area contributed by atoms with Gasteiger partial charge in [-0.25, -0.2) is 0 Å². The van der Waals surface area contributed by atoms with E-state index in [1.807, 2.05) is 38.1 Å². The molecule has 0 amide bonds. The molecule has 102 valence electrons. The third-order valence-corrected chi connectivity index (χ3v) is 2.33. The summed E-state index contributed by atoms with van der Waals surface area (Å²) >= 11 is 0. The number of hydrogen-bond acceptors (Lipinski definition) is 4. The molecule has 1 rings (SSSR count). The second-order valence-electron chi connectivity index (χ2n) is 4.23. The summed E-state index contributed by atoms with van der Waals surface area (Å²) in [6.45, 7) is 6.92. The Kier molecular flexibility index (Phi) is 7.41. The fourth-order valence-electron chi connectivity index (χ4n) is 1.39. The molecule has 0 heterocycles. The van der Waals surface area contributed by atoms with Crippen LogP contribution in [0.15, 0.2) is 24.3 Å². The highest BCUT2D eigenvalue weighted by Gasteiger charge is 1.96. The van der Waals surface area contributed by atoms with Crippen LogP contribution in [0, 0.1) is 0 Å². The zero-order valence-corrected chi connectivity index (χ0v) is 11.2. The SMILES string of the molecule is CC(C)OCCOCCOc1ccc(CN)cc1. The van der Waals surface area contributed by atoms with E-state index in [2.05, 4.69) is 0 Å². The first-order chi connectivity index (χ1) is 8.72. The molecule has 2 N–H and O–H groups in total. The number of benzene rings is 1. The summed E-state index contributed by atoms with van der Waals surface area (Å²) in [7, 11) is 0. The van der Waals surface area contributed by atoms with Crippen molar-refractivity contribution < 1.29 is 14.2 Å². The van der Waals surface area contributed by atoms with Gasteiger partial charge in [0.1, 0.15) is 12.4 Å². The third kappa shape index (κ3) is 6.59. The van der Waals surface area contributed by atoms with Gasteiger partial charge in [-0.3, -0.25) is 0 Å². The molecule has 0 bridgehead atoms. The van der Waals surface area contributed by atoms with Crippen LogP contribution in [0.25, 0.3) is 0 Å². The molecule has 4 heteroatoms. The van der Waals surface area contributed by atoms with Gasteiger partial charge in [-0.05, 0) is 31.5 Å². The van der Waals surface area contributed by atoms with Gasteiger partial charge in [0.25, 0.3) is 0 Å². The Balaban J connectivity index is 2.03. The maximum absolute atomic E-state index is 5.53. The molecular formula is C14H23NO3. The van der Waals surface area contributed by atoms with Gasteiger partial charge in [0.2, 0.25) is 0 Å². The largest absolute Gasteiger partial charge is 0.491 e. The number of hydrogen-bond donors (Lipinski definition) is 1. The number of ether oxygens (including phenoxy) is 3. The van der Waals surface area contributed by atoms with E-state index in [0.717, 1.165) is 11.3 Å². The summed E-state index contributed by atoms with van der Waals surface area (Å²) in [6.07, 6.45) is 0.255. The lowest BCUT2D eigenvalue weighted by Gasteiger charge is -2.09. The van der Waals surface area contributed by atoms with Crippen LogP contribution in [-0.4, -0.2) is 32.5 Å². The maximum Gasteiger partial charge on any atom is 0.119 e. The highest BCUT2D eigenvalue weighted by Crippen LogP contribution is 2.11. The van der Waals surface area contributed by atoms with E-state index in [1.165, 1.54) is 0 Å². The predicted molar refractivity (Wildman–Crippen MR) is 71.7 cm³/mol. The van der Waals surface area contributed by atoms with Crippen molar-refractivity contribution in [2.75, 3.05) is 26.4 Å². The highest BCUT2D eigenvalue weighted by atomic mass is 16.5. The molecule has 1 aromatic rings. The van der Waals surface area contributed by atoms with Crippen molar-refractivity contribution in [2.45, 2.75) is 26.5 Å². The molecule has 0 aromatic heterocycles. The molecule has 0 radical (unpaired) electrons. The predicted octanol–water partition coefficient (Wildman–Crippen LogP) is 1.97. The molecular weight excluding hydrogens is 230 g/mol. The summed E-state index contributed by atoms with van der Waals surface area (Å²) in [5.41, 5.74) is 6.62. The molecule has 4 nitrogen and oxygen atoms in total. The molecule has 0 saturated carbocycles. The average molecular weight is 253 g/mol.